The molecule has 0 aliphatic carbocycles. The Labute approximate surface area is 151 Å². The van der Waals surface area contributed by atoms with Crippen LogP contribution in [-0.4, -0.2) is 42.3 Å². The first-order valence-electron chi connectivity index (χ1n) is 8.60. The van der Waals surface area contributed by atoms with E-state index in [0.29, 0.717) is 13.1 Å². The van der Waals surface area contributed by atoms with Crippen LogP contribution in [0.1, 0.15) is 44.4 Å². The summed E-state index contributed by atoms with van der Waals surface area (Å²) in [6, 6.07) is 4.81. The van der Waals surface area contributed by atoms with Crippen molar-refractivity contribution in [1.82, 2.24) is 10.2 Å². The number of alkyl halides is 3. The molecule has 1 aromatic carbocycles. The van der Waals surface area contributed by atoms with Gasteiger partial charge in [-0.2, -0.15) is 13.2 Å². The number of likely N-dealkylation sites (tertiary alicyclic amines) is 1. The van der Waals surface area contributed by atoms with Gasteiger partial charge in [-0.1, -0.05) is 12.1 Å². The van der Waals surface area contributed by atoms with Crippen LogP contribution in [0, 0.1) is 0 Å². The third kappa shape index (κ3) is 5.60. The van der Waals surface area contributed by atoms with Gasteiger partial charge in [-0.15, -0.1) is 0 Å². The van der Waals surface area contributed by atoms with E-state index < -0.39 is 23.4 Å². The molecule has 1 aliphatic heterocycles. The Kier molecular flexibility index (Phi) is 6.18. The number of hydrogen-bond acceptors (Lipinski definition) is 4. The molecule has 1 amide bonds. The molecule has 26 heavy (non-hydrogen) atoms. The predicted molar refractivity (Wildman–Crippen MR) is 92.6 cm³/mol. The lowest BCUT2D eigenvalue weighted by molar-refractivity contribution is -0.137. The summed E-state index contributed by atoms with van der Waals surface area (Å²) in [4.78, 5) is 14.0. The number of nitrogens with zero attached hydrogens (tertiary/aromatic N) is 1. The first-order chi connectivity index (χ1) is 12.0. The van der Waals surface area contributed by atoms with Crippen LogP contribution >= 0.6 is 0 Å². The van der Waals surface area contributed by atoms with Crippen molar-refractivity contribution in [3.05, 3.63) is 35.4 Å². The number of alkyl carbamates (subject to hydrolysis) is 1. The number of nitrogens with two attached hydrogens (primary N) is 1. The van der Waals surface area contributed by atoms with E-state index in [4.69, 9.17) is 10.5 Å². The summed E-state index contributed by atoms with van der Waals surface area (Å²) < 4.78 is 43.4. The van der Waals surface area contributed by atoms with Gasteiger partial charge in [0.25, 0.3) is 0 Å². The van der Waals surface area contributed by atoms with Crippen LogP contribution in [0.3, 0.4) is 0 Å². The number of ether oxygens (including phenoxy) is 1. The maximum atomic E-state index is 12.7. The van der Waals surface area contributed by atoms with Crippen LogP contribution in [0.4, 0.5) is 18.0 Å². The normalized spacial score (nSPS) is 20.0. The molecule has 1 heterocycles. The third-order valence-corrected chi connectivity index (χ3v) is 4.23. The fraction of sp³-hybridized carbons (Fsp3) is 0.611. The Morgan fingerprint density at radius 2 is 1.92 bits per heavy atom. The molecule has 1 fully saturated rings. The molecule has 1 saturated heterocycles. The zero-order valence-electron chi connectivity index (χ0n) is 15.3. The predicted octanol–water partition coefficient (Wildman–Crippen LogP) is 3.30. The maximum Gasteiger partial charge on any atom is 0.416 e. The molecule has 0 radical (unpaired) electrons. The van der Waals surface area contributed by atoms with E-state index >= 15 is 0 Å². The smallest absolute Gasteiger partial charge is 0.416 e. The maximum absolute atomic E-state index is 12.7. The standard InChI is InChI=1S/C18H26F3N3O2/c1-17(2,3)26-16(25)23-14-8-9-24(11-14)15(10-22)12-4-6-13(7-5-12)18(19,20)21/h4-7,14-15H,8-11,22H2,1-3H3,(H,23,25). The van der Waals surface area contributed by atoms with Crippen molar-refractivity contribution in [3.8, 4) is 0 Å². The first-order valence-corrected chi connectivity index (χ1v) is 8.60. The number of halogens is 3. The third-order valence-electron chi connectivity index (χ3n) is 4.23. The Balaban J connectivity index is 1.98. The summed E-state index contributed by atoms with van der Waals surface area (Å²) in [5.74, 6) is 0. The Bertz CT molecular complexity index is 612. The second kappa shape index (κ2) is 7.84. The van der Waals surface area contributed by atoms with Crippen molar-refractivity contribution >= 4 is 6.09 Å². The van der Waals surface area contributed by atoms with E-state index in [2.05, 4.69) is 10.2 Å². The summed E-state index contributed by atoms with van der Waals surface area (Å²) in [5, 5.41) is 2.83. The zero-order valence-corrected chi connectivity index (χ0v) is 15.3. The van der Waals surface area contributed by atoms with Crippen LogP contribution in [-0.2, 0) is 10.9 Å². The van der Waals surface area contributed by atoms with E-state index in [1.165, 1.54) is 12.1 Å². The largest absolute Gasteiger partial charge is 0.444 e. The zero-order chi connectivity index (χ0) is 19.5. The van der Waals surface area contributed by atoms with E-state index in [9.17, 15) is 18.0 Å². The Morgan fingerprint density at radius 1 is 1.31 bits per heavy atom. The van der Waals surface area contributed by atoms with Crippen molar-refractivity contribution in [2.75, 3.05) is 19.6 Å². The second-order valence-corrected chi connectivity index (χ2v) is 7.50. The molecule has 1 aliphatic rings. The summed E-state index contributed by atoms with van der Waals surface area (Å²) in [5.41, 5.74) is 5.35. The van der Waals surface area contributed by atoms with Crippen LogP contribution in [0.25, 0.3) is 0 Å². The lowest BCUT2D eigenvalue weighted by atomic mass is 10.0. The minimum absolute atomic E-state index is 0.0756. The monoisotopic (exact) mass is 373 g/mol. The molecule has 2 unspecified atom stereocenters. The molecule has 0 bridgehead atoms. The minimum atomic E-state index is -4.35. The van der Waals surface area contributed by atoms with Gasteiger partial charge in [0, 0.05) is 31.7 Å². The molecule has 2 rings (SSSR count). The van der Waals surface area contributed by atoms with Crippen LogP contribution in [0.15, 0.2) is 24.3 Å². The number of amides is 1. The van der Waals surface area contributed by atoms with Crippen LogP contribution < -0.4 is 11.1 Å². The average molecular weight is 373 g/mol. The number of nitrogens with one attached hydrogen (secondary N) is 1. The number of rotatable bonds is 4. The highest BCUT2D eigenvalue weighted by molar-refractivity contribution is 5.68. The van der Waals surface area contributed by atoms with E-state index in [0.717, 1.165) is 24.1 Å². The van der Waals surface area contributed by atoms with Crippen LogP contribution in [0.2, 0.25) is 0 Å². The molecule has 0 saturated carbocycles. The minimum Gasteiger partial charge on any atom is -0.444 e. The SMILES string of the molecule is CC(C)(C)OC(=O)NC1CCN(C(CN)c2ccc(C(F)(F)F)cc2)C1. The van der Waals surface area contributed by atoms with Gasteiger partial charge in [0.05, 0.1) is 5.56 Å². The molecule has 2 atom stereocenters. The van der Waals surface area contributed by atoms with Gasteiger partial charge in [0.15, 0.2) is 0 Å². The topological polar surface area (TPSA) is 67.6 Å². The summed E-state index contributed by atoms with van der Waals surface area (Å²) in [6.45, 7) is 6.93. The summed E-state index contributed by atoms with van der Waals surface area (Å²) >= 11 is 0. The fourth-order valence-electron chi connectivity index (χ4n) is 3.05. The van der Waals surface area contributed by atoms with Gasteiger partial charge in [-0.3, -0.25) is 4.90 Å². The van der Waals surface area contributed by atoms with E-state index in [1.807, 2.05) is 0 Å². The fourth-order valence-corrected chi connectivity index (χ4v) is 3.05. The number of carbonyl (C=O) groups excluding carboxylic acids is 1. The molecule has 1 aromatic rings. The van der Waals surface area contributed by atoms with E-state index in [-0.39, 0.29) is 18.6 Å². The molecule has 8 heteroatoms. The quantitative estimate of drug-likeness (QED) is 0.850. The lowest BCUT2D eigenvalue weighted by Crippen LogP contribution is -2.41. The lowest BCUT2D eigenvalue weighted by Gasteiger charge is -2.27. The second-order valence-electron chi connectivity index (χ2n) is 7.50. The van der Waals surface area contributed by atoms with Crippen molar-refractivity contribution in [2.45, 2.75) is 51.1 Å². The molecule has 146 valence electrons. The molecule has 0 aromatic heterocycles. The van der Waals surface area contributed by atoms with Crippen molar-refractivity contribution < 1.29 is 22.7 Å². The van der Waals surface area contributed by atoms with Gasteiger partial charge >= 0.3 is 12.3 Å². The Morgan fingerprint density at radius 3 is 2.42 bits per heavy atom. The van der Waals surface area contributed by atoms with Gasteiger partial charge < -0.3 is 15.8 Å². The number of carbonyl (C=O) groups is 1. The highest BCUT2D eigenvalue weighted by Crippen LogP contribution is 2.31. The molecule has 0 spiro atoms. The molecular weight excluding hydrogens is 347 g/mol. The number of benzene rings is 1. The summed E-state index contributed by atoms with van der Waals surface area (Å²) in [6.07, 6.45) is -4.09. The highest BCUT2D eigenvalue weighted by Gasteiger charge is 2.32. The molecule has 5 nitrogen and oxygen atoms in total. The van der Waals surface area contributed by atoms with Crippen molar-refractivity contribution in [1.29, 1.82) is 0 Å². The van der Waals surface area contributed by atoms with Crippen LogP contribution in [0.5, 0.6) is 0 Å². The van der Waals surface area contributed by atoms with Crippen molar-refractivity contribution in [2.24, 2.45) is 5.73 Å². The van der Waals surface area contributed by atoms with Gasteiger partial charge in [0.1, 0.15) is 5.60 Å². The van der Waals surface area contributed by atoms with E-state index in [1.54, 1.807) is 20.8 Å². The van der Waals surface area contributed by atoms with Gasteiger partial charge in [-0.25, -0.2) is 4.79 Å². The number of hydrogen-bond donors (Lipinski definition) is 2. The highest BCUT2D eigenvalue weighted by atomic mass is 19.4. The van der Waals surface area contributed by atoms with Gasteiger partial charge in [0.2, 0.25) is 0 Å². The Hall–Kier alpha value is -1.80. The average Bonchev–Trinajstić information content (AvgIpc) is 2.93. The first kappa shape index (κ1) is 20.5. The molecule has 3 N–H and O–H groups in total. The molecular formula is C18H26F3N3O2. The van der Waals surface area contributed by atoms with Crippen molar-refractivity contribution in [3.63, 3.8) is 0 Å². The van der Waals surface area contributed by atoms with Gasteiger partial charge in [-0.05, 0) is 44.9 Å². The summed E-state index contributed by atoms with van der Waals surface area (Å²) in [7, 11) is 0.